The van der Waals surface area contributed by atoms with E-state index in [9.17, 15) is 35.9 Å². The molecular weight excluding hydrogens is 706 g/mol. The molecule has 1 aliphatic heterocycles. The van der Waals surface area contributed by atoms with E-state index < -0.39 is 35.6 Å². The Balaban J connectivity index is 1.41. The lowest BCUT2D eigenvalue weighted by atomic mass is 9.87. The fourth-order valence-corrected chi connectivity index (χ4v) is 7.26. The number of carbonyl (C=O) groups is 2. The third-order valence-electron chi connectivity index (χ3n) is 10.1. The summed E-state index contributed by atoms with van der Waals surface area (Å²) in [6.45, 7) is 3.69. The minimum atomic E-state index is -5.01. The number of amides is 1. The second kappa shape index (κ2) is 17.1. The number of hydrogen-bond donors (Lipinski definition) is 0. The molecule has 3 atom stereocenters. The number of halogens is 6. The predicted octanol–water partition coefficient (Wildman–Crippen LogP) is 8.99. The van der Waals surface area contributed by atoms with Crippen LogP contribution in [0.25, 0.3) is 0 Å². The van der Waals surface area contributed by atoms with E-state index in [1.165, 1.54) is 19.5 Å². The predicted molar refractivity (Wildman–Crippen MR) is 183 cm³/mol. The van der Waals surface area contributed by atoms with Gasteiger partial charge in [0.2, 0.25) is 5.95 Å². The van der Waals surface area contributed by atoms with Gasteiger partial charge < -0.3 is 24.0 Å². The molecule has 0 radical (unpaired) electrons. The lowest BCUT2D eigenvalue weighted by Gasteiger charge is -2.47. The second-order valence-electron chi connectivity index (χ2n) is 13.6. The second-order valence-corrected chi connectivity index (χ2v) is 13.6. The molecule has 2 fully saturated rings. The van der Waals surface area contributed by atoms with Crippen LogP contribution in [-0.2, 0) is 39.8 Å². The highest BCUT2D eigenvalue weighted by atomic mass is 19.4. The van der Waals surface area contributed by atoms with Crippen molar-refractivity contribution in [2.45, 2.75) is 115 Å². The van der Waals surface area contributed by atoms with Gasteiger partial charge in [0.05, 0.1) is 36.5 Å². The molecule has 2 heterocycles. The summed E-state index contributed by atoms with van der Waals surface area (Å²) < 4.78 is 99.8. The molecule has 1 saturated heterocycles. The number of methoxy groups -OCH3 is 1. The molecule has 0 N–H and O–H groups in total. The SMILES string of the molecule is CC[C@@H]1CC(N(Cc2cc(C(F)(F)F)cc(C(F)(F)F)c2)c2ncc(OCc3ccccc3)cn2)C[C@H](CC)N1C(=O)OC1CCC(C(=O)OC)CC1. The van der Waals surface area contributed by atoms with E-state index in [-0.39, 0.29) is 60.8 Å². The summed E-state index contributed by atoms with van der Waals surface area (Å²) in [7, 11) is 1.34. The summed E-state index contributed by atoms with van der Waals surface area (Å²) in [5.74, 6) is -0.0982. The van der Waals surface area contributed by atoms with Crippen molar-refractivity contribution in [3.63, 3.8) is 0 Å². The minimum absolute atomic E-state index is 0.0936. The fraction of sp³-hybridized carbons (Fsp3) is 0.526. The first kappa shape index (κ1) is 39.6. The molecule has 0 spiro atoms. The lowest BCUT2D eigenvalue weighted by Crippen LogP contribution is -2.57. The summed E-state index contributed by atoms with van der Waals surface area (Å²) in [6, 6.07) is 9.72. The van der Waals surface area contributed by atoms with E-state index in [1.54, 1.807) is 9.80 Å². The molecule has 15 heteroatoms. The van der Waals surface area contributed by atoms with Gasteiger partial charge >= 0.3 is 24.4 Å². The number of likely N-dealkylation sites (tertiary alicyclic amines) is 1. The Morgan fingerprint density at radius 3 is 1.91 bits per heavy atom. The van der Waals surface area contributed by atoms with Crippen molar-refractivity contribution >= 4 is 18.0 Å². The Hall–Kier alpha value is -4.56. The number of alkyl halides is 6. The third kappa shape index (κ3) is 10.1. The first-order valence-electron chi connectivity index (χ1n) is 17.8. The molecule has 1 aromatic heterocycles. The van der Waals surface area contributed by atoms with Crippen LogP contribution in [0.15, 0.2) is 60.9 Å². The number of ether oxygens (including phenoxy) is 3. The minimum Gasteiger partial charge on any atom is -0.486 e. The van der Waals surface area contributed by atoms with Gasteiger partial charge in [0.15, 0.2) is 5.75 Å². The standard InChI is InChI=1S/C38H44F6N4O5/c1-4-29-18-31(19-30(5-2)48(29)36(50)53-32-13-11-26(12-14-32)34(49)51-3)47(22-25-15-27(37(39,40)41)17-28(16-25)38(42,43)44)35-45-20-33(21-46-35)52-23-24-9-7-6-8-10-24/h6-10,15-17,20-21,26,29-32H,4-5,11-14,18-19,22-23H2,1-3H3/t26?,29-,30+,31?,32?. The monoisotopic (exact) mass is 750 g/mol. The molecule has 53 heavy (non-hydrogen) atoms. The number of benzene rings is 2. The van der Waals surface area contributed by atoms with Crippen LogP contribution in [0, 0.1) is 5.92 Å². The van der Waals surface area contributed by atoms with Gasteiger partial charge in [-0.15, -0.1) is 0 Å². The summed E-state index contributed by atoms with van der Waals surface area (Å²) >= 11 is 0. The van der Waals surface area contributed by atoms with Gasteiger partial charge in [-0.05, 0) is 80.7 Å². The molecular formula is C38H44F6N4O5. The van der Waals surface area contributed by atoms with Gasteiger partial charge in [-0.25, -0.2) is 14.8 Å². The van der Waals surface area contributed by atoms with Gasteiger partial charge in [0.1, 0.15) is 12.7 Å². The summed E-state index contributed by atoms with van der Waals surface area (Å²) in [4.78, 5) is 38.0. The summed E-state index contributed by atoms with van der Waals surface area (Å²) in [5.41, 5.74) is -2.14. The Bertz CT molecular complexity index is 1620. The number of esters is 1. The highest BCUT2D eigenvalue weighted by Crippen LogP contribution is 2.39. The van der Waals surface area contributed by atoms with Gasteiger partial charge in [0, 0.05) is 24.7 Å². The van der Waals surface area contributed by atoms with Crippen molar-refractivity contribution in [1.82, 2.24) is 14.9 Å². The fourth-order valence-electron chi connectivity index (χ4n) is 7.26. The molecule has 1 aliphatic carbocycles. The van der Waals surface area contributed by atoms with E-state index in [4.69, 9.17) is 14.2 Å². The quantitative estimate of drug-likeness (QED) is 0.142. The molecule has 0 bridgehead atoms. The van der Waals surface area contributed by atoms with Gasteiger partial charge in [0.25, 0.3) is 0 Å². The smallest absolute Gasteiger partial charge is 0.416 e. The molecule has 1 saturated carbocycles. The molecule has 1 amide bonds. The molecule has 3 aromatic rings. The van der Waals surface area contributed by atoms with Crippen molar-refractivity contribution in [3.8, 4) is 5.75 Å². The number of aromatic nitrogens is 2. The van der Waals surface area contributed by atoms with E-state index >= 15 is 0 Å². The van der Waals surface area contributed by atoms with Gasteiger partial charge in [-0.1, -0.05) is 44.2 Å². The number of rotatable bonds is 11. The third-order valence-corrected chi connectivity index (χ3v) is 10.1. The summed E-state index contributed by atoms with van der Waals surface area (Å²) in [6.07, 6.45) is -4.24. The van der Waals surface area contributed by atoms with Crippen LogP contribution in [0.5, 0.6) is 5.75 Å². The Morgan fingerprint density at radius 2 is 1.40 bits per heavy atom. The topological polar surface area (TPSA) is 94.1 Å². The van der Waals surface area contributed by atoms with E-state index in [1.807, 2.05) is 44.2 Å². The van der Waals surface area contributed by atoms with Crippen LogP contribution in [0.1, 0.15) is 87.5 Å². The van der Waals surface area contributed by atoms with Crippen LogP contribution in [0.3, 0.4) is 0 Å². The highest BCUT2D eigenvalue weighted by molar-refractivity contribution is 5.72. The van der Waals surface area contributed by atoms with Crippen molar-refractivity contribution in [1.29, 1.82) is 0 Å². The number of hydrogen-bond acceptors (Lipinski definition) is 8. The Kier molecular flexibility index (Phi) is 12.8. The van der Waals surface area contributed by atoms with Gasteiger partial charge in [-0.3, -0.25) is 4.79 Å². The average molecular weight is 751 g/mol. The Labute approximate surface area is 304 Å². The van der Waals surface area contributed by atoms with E-state index in [0.717, 1.165) is 17.7 Å². The number of carbonyl (C=O) groups excluding carboxylic acids is 2. The first-order valence-corrected chi connectivity index (χ1v) is 17.8. The number of nitrogens with zero attached hydrogens (tertiary/aromatic N) is 4. The van der Waals surface area contributed by atoms with Crippen LogP contribution in [-0.4, -0.2) is 58.3 Å². The molecule has 9 nitrogen and oxygen atoms in total. The maximum atomic E-state index is 13.9. The van der Waals surface area contributed by atoms with Gasteiger partial charge in [-0.2, -0.15) is 26.3 Å². The first-order chi connectivity index (χ1) is 25.2. The lowest BCUT2D eigenvalue weighted by molar-refractivity contribution is -0.147. The van der Waals surface area contributed by atoms with E-state index in [2.05, 4.69) is 9.97 Å². The normalized spacial score (nSPS) is 22.2. The van der Waals surface area contributed by atoms with Crippen LogP contribution in [0.2, 0.25) is 0 Å². The zero-order valence-electron chi connectivity index (χ0n) is 29.8. The van der Waals surface area contributed by atoms with Crippen molar-refractivity contribution in [2.24, 2.45) is 5.92 Å². The number of anilines is 1. The van der Waals surface area contributed by atoms with Crippen molar-refractivity contribution in [3.05, 3.63) is 83.2 Å². The molecule has 288 valence electrons. The van der Waals surface area contributed by atoms with Crippen molar-refractivity contribution < 1.29 is 50.1 Å². The highest BCUT2D eigenvalue weighted by Gasteiger charge is 2.42. The zero-order valence-corrected chi connectivity index (χ0v) is 29.8. The maximum absolute atomic E-state index is 13.9. The molecule has 5 rings (SSSR count). The average Bonchev–Trinajstić information content (AvgIpc) is 3.15. The Morgan fingerprint density at radius 1 is 0.830 bits per heavy atom. The van der Waals surface area contributed by atoms with Crippen LogP contribution in [0.4, 0.5) is 37.1 Å². The van der Waals surface area contributed by atoms with Crippen LogP contribution >= 0.6 is 0 Å². The maximum Gasteiger partial charge on any atom is 0.416 e. The summed E-state index contributed by atoms with van der Waals surface area (Å²) in [5, 5.41) is 0. The molecule has 2 aromatic carbocycles. The largest absolute Gasteiger partial charge is 0.486 e. The van der Waals surface area contributed by atoms with Crippen molar-refractivity contribution in [2.75, 3.05) is 12.0 Å². The van der Waals surface area contributed by atoms with Crippen LogP contribution < -0.4 is 9.64 Å². The zero-order chi connectivity index (χ0) is 38.3. The number of piperidine rings is 1. The van der Waals surface area contributed by atoms with E-state index in [0.29, 0.717) is 57.1 Å². The molecule has 1 unspecified atom stereocenters. The molecule has 2 aliphatic rings.